The van der Waals surface area contributed by atoms with E-state index in [-0.39, 0.29) is 0 Å². The van der Waals surface area contributed by atoms with Gasteiger partial charge in [0.25, 0.3) is 5.82 Å². The summed E-state index contributed by atoms with van der Waals surface area (Å²) in [5, 5.41) is 1.12. The maximum absolute atomic E-state index is 4.75. The second-order valence-corrected chi connectivity index (χ2v) is 5.27. The number of aryl methyl sites for hydroxylation is 2. The van der Waals surface area contributed by atoms with Crippen molar-refractivity contribution in [2.45, 2.75) is 6.92 Å². The van der Waals surface area contributed by atoms with Crippen molar-refractivity contribution in [1.29, 1.82) is 0 Å². The average molecular weight is 275 g/mol. The number of para-hydroxylation sites is 1. The number of nitrogens with one attached hydrogen (secondary N) is 1. The van der Waals surface area contributed by atoms with Gasteiger partial charge in [0.2, 0.25) is 0 Å². The van der Waals surface area contributed by atoms with E-state index in [2.05, 4.69) is 22.1 Å². The molecule has 0 unspecified atom stereocenters. The maximum Gasteiger partial charge on any atom is 0.349 e. The van der Waals surface area contributed by atoms with E-state index in [0.717, 1.165) is 39.1 Å². The van der Waals surface area contributed by atoms with Crippen LogP contribution in [0, 0.1) is 6.92 Å². The number of hydrogen-bond donors (Lipinski definition) is 1. The number of H-pyrrole nitrogens is 1. The molecule has 4 heteroatoms. The van der Waals surface area contributed by atoms with E-state index >= 15 is 0 Å². The molecule has 0 fully saturated rings. The van der Waals surface area contributed by atoms with Gasteiger partial charge in [-0.05, 0) is 36.2 Å². The van der Waals surface area contributed by atoms with Crippen molar-refractivity contribution >= 4 is 22.1 Å². The lowest BCUT2D eigenvalue weighted by atomic mass is 10.1. The summed E-state index contributed by atoms with van der Waals surface area (Å²) >= 11 is 0. The summed E-state index contributed by atoms with van der Waals surface area (Å²) in [7, 11) is 2.00. The topological polar surface area (TPSA) is 45.5 Å². The van der Waals surface area contributed by atoms with Gasteiger partial charge in [-0.25, -0.2) is 4.57 Å². The van der Waals surface area contributed by atoms with Gasteiger partial charge < -0.3 is 4.98 Å². The third-order valence-electron chi connectivity index (χ3n) is 3.72. The van der Waals surface area contributed by atoms with Crippen LogP contribution in [-0.4, -0.2) is 15.0 Å². The smallest absolute Gasteiger partial charge is 0.312 e. The fourth-order valence-electron chi connectivity index (χ4n) is 2.73. The molecule has 0 radical (unpaired) electrons. The Morgan fingerprint density at radius 2 is 1.90 bits per heavy atom. The molecular formula is C17H15N4+. The third kappa shape index (κ3) is 1.88. The Kier molecular flexibility index (Phi) is 2.51. The molecule has 0 aliphatic rings. The van der Waals surface area contributed by atoms with E-state index < -0.39 is 0 Å². The predicted octanol–water partition coefficient (Wildman–Crippen LogP) is 2.91. The molecule has 4 rings (SSSR count). The Morgan fingerprint density at radius 1 is 1.05 bits per heavy atom. The molecule has 0 amide bonds. The summed E-state index contributed by atoms with van der Waals surface area (Å²) in [4.78, 5) is 12.8. The summed E-state index contributed by atoms with van der Waals surface area (Å²) < 4.78 is 2.02. The van der Waals surface area contributed by atoms with E-state index in [0.29, 0.717) is 0 Å². The minimum Gasteiger partial charge on any atom is -0.312 e. The van der Waals surface area contributed by atoms with Gasteiger partial charge in [-0.2, -0.15) is 0 Å². The van der Waals surface area contributed by atoms with Crippen LogP contribution < -0.4 is 4.57 Å². The van der Waals surface area contributed by atoms with Gasteiger partial charge in [0, 0.05) is 11.1 Å². The van der Waals surface area contributed by atoms with E-state index in [9.17, 15) is 0 Å². The fourth-order valence-corrected chi connectivity index (χ4v) is 2.73. The molecule has 102 valence electrons. The first-order valence-electron chi connectivity index (χ1n) is 6.93. The van der Waals surface area contributed by atoms with Crippen LogP contribution in [0.2, 0.25) is 0 Å². The third-order valence-corrected chi connectivity index (χ3v) is 3.72. The van der Waals surface area contributed by atoms with Crippen molar-refractivity contribution in [3.05, 3.63) is 54.4 Å². The minimum absolute atomic E-state index is 0.883. The zero-order valence-electron chi connectivity index (χ0n) is 12.0. The Bertz CT molecular complexity index is 969. The molecule has 1 N–H and O–H groups in total. The molecule has 0 spiro atoms. The van der Waals surface area contributed by atoms with Crippen LogP contribution in [0.15, 0.2) is 48.7 Å². The van der Waals surface area contributed by atoms with E-state index in [1.165, 1.54) is 0 Å². The molecule has 0 atom stereocenters. The molecule has 4 nitrogen and oxygen atoms in total. The average Bonchev–Trinajstić information content (AvgIpc) is 2.92. The van der Waals surface area contributed by atoms with Crippen molar-refractivity contribution in [2.75, 3.05) is 0 Å². The fraction of sp³-hybridized carbons (Fsp3) is 0.118. The second-order valence-electron chi connectivity index (χ2n) is 5.27. The molecule has 0 aliphatic heterocycles. The lowest BCUT2D eigenvalue weighted by Crippen LogP contribution is -2.28. The van der Waals surface area contributed by atoms with Crippen LogP contribution >= 0.6 is 0 Å². The predicted molar refractivity (Wildman–Crippen MR) is 82.7 cm³/mol. The van der Waals surface area contributed by atoms with Gasteiger partial charge in [-0.1, -0.05) is 18.2 Å². The Labute approximate surface area is 122 Å². The first-order valence-corrected chi connectivity index (χ1v) is 6.93. The van der Waals surface area contributed by atoms with Crippen LogP contribution in [0.1, 0.15) is 5.69 Å². The summed E-state index contributed by atoms with van der Waals surface area (Å²) in [6.07, 6.45) is 2.00. The molecule has 0 aliphatic carbocycles. The van der Waals surface area contributed by atoms with Gasteiger partial charge in [-0.3, -0.25) is 4.98 Å². The number of aromatic nitrogens is 4. The van der Waals surface area contributed by atoms with Crippen molar-refractivity contribution in [3.63, 3.8) is 0 Å². The quantitative estimate of drug-likeness (QED) is 0.543. The van der Waals surface area contributed by atoms with E-state index in [4.69, 9.17) is 4.98 Å². The Balaban J connectivity index is 2.06. The SMILES string of the molecule is Cc1cc(-c2nc3c(ccc[n+]3C)[nH]2)c2ccccc2n1. The largest absolute Gasteiger partial charge is 0.349 e. The Hall–Kier alpha value is -2.75. The molecular weight excluding hydrogens is 260 g/mol. The van der Waals surface area contributed by atoms with Crippen LogP contribution in [-0.2, 0) is 7.05 Å². The molecule has 21 heavy (non-hydrogen) atoms. The van der Waals surface area contributed by atoms with Crippen LogP contribution in [0.3, 0.4) is 0 Å². The highest BCUT2D eigenvalue weighted by Crippen LogP contribution is 2.27. The van der Waals surface area contributed by atoms with Crippen molar-refractivity contribution in [2.24, 2.45) is 7.05 Å². The van der Waals surface area contributed by atoms with Gasteiger partial charge in [0.1, 0.15) is 5.52 Å². The van der Waals surface area contributed by atoms with Gasteiger partial charge in [0.15, 0.2) is 0 Å². The molecule has 1 aromatic carbocycles. The van der Waals surface area contributed by atoms with Crippen molar-refractivity contribution in [3.8, 4) is 11.4 Å². The van der Waals surface area contributed by atoms with Gasteiger partial charge >= 0.3 is 5.65 Å². The number of fused-ring (bicyclic) bond motifs is 2. The highest BCUT2D eigenvalue weighted by atomic mass is 15.1. The molecule has 0 saturated heterocycles. The van der Waals surface area contributed by atoms with Crippen LogP contribution in [0.5, 0.6) is 0 Å². The van der Waals surface area contributed by atoms with Crippen LogP contribution in [0.25, 0.3) is 33.5 Å². The number of rotatable bonds is 1. The first kappa shape index (κ1) is 12.0. The maximum atomic E-state index is 4.75. The number of aromatic amines is 1. The summed E-state index contributed by atoms with van der Waals surface area (Å²) in [6, 6.07) is 14.3. The standard InChI is InChI=1S/C17H14N4/c1-11-10-13(12-6-3-4-7-14(12)18-11)16-19-15-8-5-9-21(2)17(15)20-16/h3-10H,1-2H3/p+1. The number of benzene rings is 1. The van der Waals surface area contributed by atoms with Gasteiger partial charge in [0.05, 0.1) is 24.3 Å². The normalized spacial score (nSPS) is 11.3. The summed E-state index contributed by atoms with van der Waals surface area (Å²) in [5.41, 5.74) is 5.07. The number of nitrogens with zero attached hydrogens (tertiary/aromatic N) is 3. The molecule has 0 saturated carbocycles. The van der Waals surface area contributed by atoms with Crippen molar-refractivity contribution in [1.82, 2.24) is 15.0 Å². The molecule has 0 bridgehead atoms. The number of pyridine rings is 2. The molecule has 3 heterocycles. The Morgan fingerprint density at radius 3 is 2.76 bits per heavy atom. The zero-order chi connectivity index (χ0) is 14.4. The van der Waals surface area contributed by atoms with Crippen molar-refractivity contribution < 1.29 is 4.57 Å². The summed E-state index contributed by atoms with van der Waals surface area (Å²) in [6.45, 7) is 2.01. The second kappa shape index (κ2) is 4.38. The lowest BCUT2D eigenvalue weighted by molar-refractivity contribution is -0.646. The monoisotopic (exact) mass is 275 g/mol. The molecule has 3 aromatic heterocycles. The number of imidazole rings is 1. The minimum atomic E-state index is 0.883. The molecule has 4 aromatic rings. The number of hydrogen-bond acceptors (Lipinski definition) is 2. The van der Waals surface area contributed by atoms with E-state index in [1.807, 2.05) is 55.1 Å². The highest BCUT2D eigenvalue weighted by molar-refractivity contribution is 5.94. The van der Waals surface area contributed by atoms with E-state index in [1.54, 1.807) is 0 Å². The van der Waals surface area contributed by atoms with Gasteiger partial charge in [-0.15, -0.1) is 0 Å². The summed E-state index contributed by atoms with van der Waals surface area (Å²) in [5.74, 6) is 0.883. The highest BCUT2D eigenvalue weighted by Gasteiger charge is 2.18. The zero-order valence-corrected chi connectivity index (χ0v) is 12.0. The first-order chi connectivity index (χ1) is 10.2. The van der Waals surface area contributed by atoms with Crippen LogP contribution in [0.4, 0.5) is 0 Å². The lowest BCUT2D eigenvalue weighted by Gasteiger charge is -2.03.